The van der Waals surface area contributed by atoms with Crippen molar-refractivity contribution in [1.82, 2.24) is 5.32 Å². The number of hydrogen-bond acceptors (Lipinski definition) is 2. The molecule has 24 heavy (non-hydrogen) atoms. The lowest BCUT2D eigenvalue weighted by molar-refractivity contribution is 0.174. The van der Waals surface area contributed by atoms with Crippen LogP contribution in [-0.2, 0) is 6.54 Å². The molecule has 124 valence electrons. The highest BCUT2D eigenvalue weighted by molar-refractivity contribution is 5.85. The quantitative estimate of drug-likeness (QED) is 0.688. The predicted octanol–water partition coefficient (Wildman–Crippen LogP) is 4.60. The smallest absolute Gasteiger partial charge is 0.0914 e. The summed E-state index contributed by atoms with van der Waals surface area (Å²) in [6, 6.07) is 28.6. The van der Waals surface area contributed by atoms with E-state index < -0.39 is 6.10 Å². The van der Waals surface area contributed by atoms with Gasteiger partial charge in [0.05, 0.1) is 6.10 Å². The van der Waals surface area contributed by atoms with Crippen LogP contribution >= 0.6 is 12.4 Å². The molecule has 2 N–H and O–H groups in total. The van der Waals surface area contributed by atoms with Gasteiger partial charge in [0, 0.05) is 13.1 Å². The highest BCUT2D eigenvalue weighted by Crippen LogP contribution is 2.19. The first-order valence-corrected chi connectivity index (χ1v) is 7.91. The molecule has 3 aromatic rings. The van der Waals surface area contributed by atoms with Gasteiger partial charge in [-0.05, 0) is 22.3 Å². The molecule has 0 radical (unpaired) electrons. The molecule has 0 aliphatic heterocycles. The molecule has 0 saturated carbocycles. The maximum absolute atomic E-state index is 10.1. The van der Waals surface area contributed by atoms with Crippen molar-refractivity contribution in [3.05, 3.63) is 96.1 Å². The molecule has 0 amide bonds. The summed E-state index contributed by atoms with van der Waals surface area (Å²) in [5.41, 5.74) is 4.61. The van der Waals surface area contributed by atoms with E-state index >= 15 is 0 Å². The van der Waals surface area contributed by atoms with Crippen molar-refractivity contribution in [2.45, 2.75) is 12.6 Å². The van der Waals surface area contributed by atoms with E-state index in [1.165, 1.54) is 16.7 Å². The molecule has 0 aliphatic rings. The molecule has 0 bridgehead atoms. The zero-order chi connectivity index (χ0) is 15.9. The second-order valence-corrected chi connectivity index (χ2v) is 5.62. The first-order valence-electron chi connectivity index (χ1n) is 7.91. The van der Waals surface area contributed by atoms with E-state index in [0.29, 0.717) is 6.54 Å². The molecule has 2 nitrogen and oxygen atoms in total. The minimum atomic E-state index is -0.472. The Morgan fingerprint density at radius 3 is 1.88 bits per heavy atom. The summed E-state index contributed by atoms with van der Waals surface area (Å²) in [6.45, 7) is 1.30. The van der Waals surface area contributed by atoms with Crippen molar-refractivity contribution >= 4 is 12.4 Å². The monoisotopic (exact) mass is 339 g/mol. The largest absolute Gasteiger partial charge is 0.387 e. The standard InChI is InChI=1S/C21H21NO.ClH/c23-21(20-9-5-2-6-10-20)16-22-15-17-11-13-19(14-12-17)18-7-3-1-4-8-18;/h1-14,21-23H,15-16H2;1H. The SMILES string of the molecule is Cl.OC(CNCc1ccc(-c2ccccc2)cc1)c1ccccc1. The normalized spacial score (nSPS) is 11.5. The van der Waals surface area contributed by atoms with Gasteiger partial charge in [0.1, 0.15) is 0 Å². The lowest BCUT2D eigenvalue weighted by Crippen LogP contribution is -2.20. The minimum Gasteiger partial charge on any atom is -0.387 e. The maximum atomic E-state index is 10.1. The average Bonchev–Trinajstić information content (AvgIpc) is 2.64. The summed E-state index contributed by atoms with van der Waals surface area (Å²) >= 11 is 0. The molecular weight excluding hydrogens is 318 g/mol. The molecule has 0 fully saturated rings. The van der Waals surface area contributed by atoms with Gasteiger partial charge in [0.2, 0.25) is 0 Å². The molecular formula is C21H22ClNO. The number of nitrogens with one attached hydrogen (secondary N) is 1. The first kappa shape index (κ1) is 18.2. The Bertz CT molecular complexity index is 714. The fourth-order valence-corrected chi connectivity index (χ4v) is 2.59. The van der Waals surface area contributed by atoms with Gasteiger partial charge in [-0.25, -0.2) is 0 Å². The van der Waals surface area contributed by atoms with Gasteiger partial charge >= 0.3 is 0 Å². The molecule has 3 heteroatoms. The Labute approximate surface area is 149 Å². The van der Waals surface area contributed by atoms with E-state index in [1.54, 1.807) is 0 Å². The van der Waals surface area contributed by atoms with Crippen LogP contribution in [0.1, 0.15) is 17.2 Å². The summed E-state index contributed by atoms with van der Waals surface area (Å²) in [5.74, 6) is 0. The number of benzene rings is 3. The van der Waals surface area contributed by atoms with E-state index in [1.807, 2.05) is 36.4 Å². The fourth-order valence-electron chi connectivity index (χ4n) is 2.59. The molecule has 0 spiro atoms. The first-order chi connectivity index (χ1) is 11.3. The van der Waals surface area contributed by atoms with Gasteiger partial charge in [-0.3, -0.25) is 0 Å². The van der Waals surface area contributed by atoms with Gasteiger partial charge in [-0.15, -0.1) is 12.4 Å². The Hall–Kier alpha value is -2.13. The molecule has 0 heterocycles. The Morgan fingerprint density at radius 1 is 0.708 bits per heavy atom. The third kappa shape index (κ3) is 4.93. The van der Waals surface area contributed by atoms with Crippen molar-refractivity contribution in [3.8, 4) is 11.1 Å². The third-order valence-electron chi connectivity index (χ3n) is 3.91. The third-order valence-corrected chi connectivity index (χ3v) is 3.91. The van der Waals surface area contributed by atoms with Crippen molar-refractivity contribution < 1.29 is 5.11 Å². The van der Waals surface area contributed by atoms with Crippen LogP contribution in [0, 0.1) is 0 Å². The second-order valence-electron chi connectivity index (χ2n) is 5.62. The summed E-state index contributed by atoms with van der Waals surface area (Å²) < 4.78 is 0. The van der Waals surface area contributed by atoms with Crippen LogP contribution in [0.4, 0.5) is 0 Å². The zero-order valence-corrected chi connectivity index (χ0v) is 14.2. The summed E-state index contributed by atoms with van der Waals surface area (Å²) in [6.07, 6.45) is -0.472. The number of halogens is 1. The Kier molecular flexibility index (Phi) is 7.01. The van der Waals surface area contributed by atoms with Crippen molar-refractivity contribution in [3.63, 3.8) is 0 Å². The maximum Gasteiger partial charge on any atom is 0.0914 e. The Balaban J connectivity index is 0.00000208. The van der Waals surface area contributed by atoms with Crippen molar-refractivity contribution in [2.24, 2.45) is 0 Å². The highest BCUT2D eigenvalue weighted by atomic mass is 35.5. The highest BCUT2D eigenvalue weighted by Gasteiger charge is 2.05. The summed E-state index contributed by atoms with van der Waals surface area (Å²) in [4.78, 5) is 0. The van der Waals surface area contributed by atoms with Crippen LogP contribution < -0.4 is 5.32 Å². The molecule has 1 atom stereocenters. The fraction of sp³-hybridized carbons (Fsp3) is 0.143. The Morgan fingerprint density at radius 2 is 1.25 bits per heavy atom. The van der Waals surface area contributed by atoms with Crippen LogP contribution in [0.15, 0.2) is 84.9 Å². The van der Waals surface area contributed by atoms with Crippen LogP contribution in [-0.4, -0.2) is 11.7 Å². The van der Waals surface area contributed by atoms with Crippen molar-refractivity contribution in [1.29, 1.82) is 0 Å². The number of rotatable bonds is 6. The molecule has 0 aromatic heterocycles. The van der Waals surface area contributed by atoms with Crippen LogP contribution in [0.3, 0.4) is 0 Å². The lowest BCUT2D eigenvalue weighted by Gasteiger charge is -2.12. The van der Waals surface area contributed by atoms with Crippen molar-refractivity contribution in [2.75, 3.05) is 6.54 Å². The van der Waals surface area contributed by atoms with E-state index in [0.717, 1.165) is 12.1 Å². The van der Waals surface area contributed by atoms with E-state index in [-0.39, 0.29) is 12.4 Å². The van der Waals surface area contributed by atoms with Crippen LogP contribution in [0.2, 0.25) is 0 Å². The topological polar surface area (TPSA) is 32.3 Å². The summed E-state index contributed by atoms with van der Waals surface area (Å²) in [5, 5.41) is 13.4. The van der Waals surface area contributed by atoms with E-state index in [4.69, 9.17) is 0 Å². The number of aliphatic hydroxyl groups is 1. The van der Waals surface area contributed by atoms with Gasteiger partial charge < -0.3 is 10.4 Å². The summed E-state index contributed by atoms with van der Waals surface area (Å²) in [7, 11) is 0. The molecule has 0 aliphatic carbocycles. The van der Waals surface area contributed by atoms with Gasteiger partial charge in [0.25, 0.3) is 0 Å². The van der Waals surface area contributed by atoms with Crippen LogP contribution in [0.25, 0.3) is 11.1 Å². The zero-order valence-electron chi connectivity index (χ0n) is 13.4. The van der Waals surface area contributed by atoms with Gasteiger partial charge in [0.15, 0.2) is 0 Å². The molecule has 3 rings (SSSR count). The predicted molar refractivity (Wildman–Crippen MR) is 102 cm³/mol. The minimum absolute atomic E-state index is 0. The van der Waals surface area contributed by atoms with Gasteiger partial charge in [-0.2, -0.15) is 0 Å². The lowest BCUT2D eigenvalue weighted by atomic mass is 10.0. The van der Waals surface area contributed by atoms with E-state index in [9.17, 15) is 5.11 Å². The number of hydrogen-bond donors (Lipinski definition) is 2. The molecule has 0 saturated heterocycles. The second kappa shape index (κ2) is 9.24. The molecule has 1 unspecified atom stereocenters. The van der Waals surface area contributed by atoms with Crippen LogP contribution in [0.5, 0.6) is 0 Å². The average molecular weight is 340 g/mol. The number of aliphatic hydroxyl groups excluding tert-OH is 1. The molecule has 3 aromatic carbocycles. The van der Waals surface area contributed by atoms with Gasteiger partial charge in [-0.1, -0.05) is 84.9 Å². The van der Waals surface area contributed by atoms with E-state index in [2.05, 4.69) is 53.8 Å².